The van der Waals surface area contributed by atoms with Crippen LogP contribution >= 0.6 is 0 Å². The molecule has 0 saturated heterocycles. The minimum Gasteiger partial charge on any atom is -0.478 e. The van der Waals surface area contributed by atoms with Crippen LogP contribution in [0.2, 0.25) is 0 Å². The van der Waals surface area contributed by atoms with Gasteiger partial charge in [0.15, 0.2) is 0 Å². The summed E-state index contributed by atoms with van der Waals surface area (Å²) in [5.74, 6) is -1.15. The van der Waals surface area contributed by atoms with E-state index < -0.39 is 16.0 Å². The highest BCUT2D eigenvalue weighted by molar-refractivity contribution is 7.89. The summed E-state index contributed by atoms with van der Waals surface area (Å²) < 4.78 is 27.9. The fourth-order valence-corrected chi connectivity index (χ4v) is 3.93. The standard InChI is InChI=1S/C17H28N2O4S/c1-4-6-7-11-18-15-10-9-14(17(20)21)12-16(15)24(22,23)19-13(3)8-5-2/h9-10,12-13,18-19H,4-8,11H2,1-3H3,(H,20,21)/t13-/m0/s1. The van der Waals surface area contributed by atoms with Gasteiger partial charge in [-0.1, -0.05) is 33.1 Å². The number of sulfonamides is 1. The van der Waals surface area contributed by atoms with Crippen molar-refractivity contribution in [2.24, 2.45) is 0 Å². The van der Waals surface area contributed by atoms with Crippen LogP contribution in [0.15, 0.2) is 23.1 Å². The summed E-state index contributed by atoms with van der Waals surface area (Å²) in [4.78, 5) is 11.2. The Morgan fingerprint density at radius 3 is 2.50 bits per heavy atom. The molecule has 0 radical (unpaired) electrons. The second-order valence-electron chi connectivity index (χ2n) is 5.96. The molecule has 0 fully saturated rings. The van der Waals surface area contributed by atoms with Crippen LogP contribution in [-0.2, 0) is 10.0 Å². The fraction of sp³-hybridized carbons (Fsp3) is 0.588. The minimum absolute atomic E-state index is 0.0122. The van der Waals surface area contributed by atoms with Crippen molar-refractivity contribution >= 4 is 21.7 Å². The monoisotopic (exact) mass is 356 g/mol. The Kier molecular flexibility index (Phi) is 8.21. The van der Waals surface area contributed by atoms with Gasteiger partial charge in [0.25, 0.3) is 0 Å². The lowest BCUT2D eigenvalue weighted by molar-refractivity contribution is 0.0696. The summed E-state index contributed by atoms with van der Waals surface area (Å²) in [6.45, 7) is 6.52. The van der Waals surface area contributed by atoms with Crippen LogP contribution in [-0.4, -0.2) is 32.1 Å². The molecule has 0 spiro atoms. The van der Waals surface area contributed by atoms with Crippen LogP contribution in [0.4, 0.5) is 5.69 Å². The number of nitrogens with one attached hydrogen (secondary N) is 2. The molecule has 0 aliphatic carbocycles. The third kappa shape index (κ3) is 6.13. The van der Waals surface area contributed by atoms with Crippen molar-refractivity contribution in [2.45, 2.75) is 63.8 Å². The molecule has 0 saturated carbocycles. The molecule has 1 rings (SSSR count). The number of carboxylic acid groups (broad SMARTS) is 1. The first-order valence-electron chi connectivity index (χ1n) is 8.45. The van der Waals surface area contributed by atoms with Crippen LogP contribution in [0.25, 0.3) is 0 Å². The number of unbranched alkanes of at least 4 members (excludes halogenated alkanes) is 2. The molecule has 6 nitrogen and oxygen atoms in total. The van der Waals surface area contributed by atoms with Crippen LogP contribution < -0.4 is 10.0 Å². The van der Waals surface area contributed by atoms with Crippen molar-refractivity contribution < 1.29 is 18.3 Å². The molecule has 136 valence electrons. The van der Waals surface area contributed by atoms with Crippen LogP contribution in [0.1, 0.15) is 63.2 Å². The first-order chi connectivity index (χ1) is 11.3. The average Bonchev–Trinajstić information content (AvgIpc) is 2.51. The predicted molar refractivity (Wildman–Crippen MR) is 96.1 cm³/mol. The van der Waals surface area contributed by atoms with E-state index in [9.17, 15) is 13.2 Å². The molecule has 7 heteroatoms. The second kappa shape index (κ2) is 9.64. The van der Waals surface area contributed by atoms with Crippen molar-refractivity contribution in [3.63, 3.8) is 0 Å². The number of hydrogen-bond donors (Lipinski definition) is 3. The molecule has 0 aliphatic heterocycles. The van der Waals surface area contributed by atoms with Gasteiger partial charge in [-0.25, -0.2) is 17.9 Å². The van der Waals surface area contributed by atoms with Gasteiger partial charge in [-0.3, -0.25) is 0 Å². The molecule has 1 aromatic rings. The number of aromatic carboxylic acids is 1. The van der Waals surface area contributed by atoms with Crippen molar-refractivity contribution in [3.8, 4) is 0 Å². The van der Waals surface area contributed by atoms with E-state index in [2.05, 4.69) is 17.0 Å². The van der Waals surface area contributed by atoms with E-state index in [4.69, 9.17) is 5.11 Å². The highest BCUT2D eigenvalue weighted by Gasteiger charge is 2.22. The molecular formula is C17H28N2O4S. The van der Waals surface area contributed by atoms with E-state index in [1.807, 2.05) is 6.92 Å². The number of hydrogen-bond acceptors (Lipinski definition) is 4. The zero-order valence-electron chi connectivity index (χ0n) is 14.6. The Balaban J connectivity index is 3.10. The van der Waals surface area contributed by atoms with Gasteiger partial charge < -0.3 is 10.4 Å². The van der Waals surface area contributed by atoms with E-state index in [0.29, 0.717) is 12.2 Å². The molecule has 0 amide bonds. The third-order valence-corrected chi connectivity index (χ3v) is 5.32. The van der Waals surface area contributed by atoms with E-state index in [0.717, 1.165) is 32.1 Å². The molecule has 0 aromatic heterocycles. The molecule has 0 heterocycles. The SMILES string of the molecule is CCCCCNc1ccc(C(=O)O)cc1S(=O)(=O)N[C@@H](C)CCC. The van der Waals surface area contributed by atoms with Crippen molar-refractivity contribution in [2.75, 3.05) is 11.9 Å². The van der Waals surface area contributed by atoms with Gasteiger partial charge in [0, 0.05) is 12.6 Å². The lowest BCUT2D eigenvalue weighted by atomic mass is 10.2. The lowest BCUT2D eigenvalue weighted by Gasteiger charge is -2.17. The molecular weight excluding hydrogens is 328 g/mol. The van der Waals surface area contributed by atoms with Gasteiger partial charge in [-0.15, -0.1) is 0 Å². The first kappa shape index (κ1) is 20.4. The van der Waals surface area contributed by atoms with Gasteiger partial charge >= 0.3 is 5.97 Å². The van der Waals surface area contributed by atoms with Gasteiger partial charge in [-0.2, -0.15) is 0 Å². The van der Waals surface area contributed by atoms with E-state index in [-0.39, 0.29) is 16.5 Å². The van der Waals surface area contributed by atoms with E-state index in [1.54, 1.807) is 6.92 Å². The zero-order chi connectivity index (χ0) is 18.2. The normalized spacial score (nSPS) is 12.8. The maximum atomic E-state index is 12.7. The average molecular weight is 356 g/mol. The van der Waals surface area contributed by atoms with Crippen LogP contribution in [0.3, 0.4) is 0 Å². The topological polar surface area (TPSA) is 95.5 Å². The summed E-state index contributed by atoms with van der Waals surface area (Å²) in [7, 11) is -3.79. The maximum Gasteiger partial charge on any atom is 0.335 e. The third-order valence-electron chi connectivity index (χ3n) is 3.69. The Labute approximate surface area is 144 Å². The molecule has 0 bridgehead atoms. The van der Waals surface area contributed by atoms with Gasteiger partial charge in [0.05, 0.1) is 11.3 Å². The summed E-state index contributed by atoms with van der Waals surface area (Å²) in [6.07, 6.45) is 4.63. The molecule has 3 N–H and O–H groups in total. The van der Waals surface area contributed by atoms with Crippen molar-refractivity contribution in [1.29, 1.82) is 0 Å². The molecule has 24 heavy (non-hydrogen) atoms. The Hall–Kier alpha value is -1.60. The number of carbonyl (C=O) groups is 1. The lowest BCUT2D eigenvalue weighted by Crippen LogP contribution is -2.33. The molecule has 0 aliphatic rings. The summed E-state index contributed by atoms with van der Waals surface area (Å²) >= 11 is 0. The number of rotatable bonds is 11. The zero-order valence-corrected chi connectivity index (χ0v) is 15.4. The number of carboxylic acids is 1. The molecule has 1 aromatic carbocycles. The number of anilines is 1. The minimum atomic E-state index is -3.79. The Morgan fingerprint density at radius 2 is 1.92 bits per heavy atom. The Bertz CT molecular complexity index is 644. The van der Waals surface area contributed by atoms with Crippen molar-refractivity contribution in [3.05, 3.63) is 23.8 Å². The quantitative estimate of drug-likeness (QED) is 0.528. The largest absolute Gasteiger partial charge is 0.478 e. The highest BCUT2D eigenvalue weighted by atomic mass is 32.2. The van der Waals surface area contributed by atoms with E-state index in [1.165, 1.54) is 18.2 Å². The Morgan fingerprint density at radius 1 is 1.21 bits per heavy atom. The van der Waals surface area contributed by atoms with E-state index >= 15 is 0 Å². The summed E-state index contributed by atoms with van der Waals surface area (Å²) in [5.41, 5.74) is 0.393. The van der Waals surface area contributed by atoms with Crippen LogP contribution in [0, 0.1) is 0 Å². The van der Waals surface area contributed by atoms with Gasteiger partial charge in [0.1, 0.15) is 4.90 Å². The second-order valence-corrected chi connectivity index (χ2v) is 7.64. The number of benzene rings is 1. The molecule has 1 atom stereocenters. The van der Waals surface area contributed by atoms with Crippen molar-refractivity contribution in [1.82, 2.24) is 4.72 Å². The fourth-order valence-electron chi connectivity index (χ4n) is 2.44. The van der Waals surface area contributed by atoms with Gasteiger partial charge in [-0.05, 0) is 38.0 Å². The predicted octanol–water partition coefficient (Wildman–Crippen LogP) is 3.45. The first-order valence-corrected chi connectivity index (χ1v) is 9.93. The van der Waals surface area contributed by atoms with Gasteiger partial charge in [0.2, 0.25) is 10.0 Å². The van der Waals surface area contributed by atoms with Crippen LogP contribution in [0.5, 0.6) is 0 Å². The summed E-state index contributed by atoms with van der Waals surface area (Å²) in [6, 6.07) is 3.94. The highest BCUT2D eigenvalue weighted by Crippen LogP contribution is 2.24. The smallest absolute Gasteiger partial charge is 0.335 e. The summed E-state index contributed by atoms with van der Waals surface area (Å²) in [5, 5.41) is 12.3. The molecule has 0 unspecified atom stereocenters. The maximum absolute atomic E-state index is 12.7.